The quantitative estimate of drug-likeness (QED) is 0.578. The molecule has 138 valence electrons. The van der Waals surface area contributed by atoms with Gasteiger partial charge in [-0.05, 0) is 38.0 Å². The van der Waals surface area contributed by atoms with Crippen LogP contribution in [0.2, 0.25) is 0 Å². The van der Waals surface area contributed by atoms with Crippen molar-refractivity contribution in [2.75, 3.05) is 5.43 Å². The van der Waals surface area contributed by atoms with E-state index >= 15 is 0 Å². The number of nitrogens with zero attached hydrogens (tertiary/aromatic N) is 4. The highest BCUT2D eigenvalue weighted by atomic mass is 16.2. The van der Waals surface area contributed by atoms with Crippen molar-refractivity contribution in [3.8, 4) is 0 Å². The first-order chi connectivity index (χ1) is 13.0. The minimum Gasteiger partial charge on any atom is -0.307 e. The van der Waals surface area contributed by atoms with Crippen molar-refractivity contribution in [3.05, 3.63) is 57.8 Å². The largest absolute Gasteiger partial charge is 0.307 e. The molecule has 2 N–H and O–H groups in total. The van der Waals surface area contributed by atoms with Gasteiger partial charge < -0.3 is 4.98 Å². The zero-order chi connectivity index (χ0) is 19.1. The standard InChI is InChI=1S/C19H20N6O2/c1-11-13(19(27)21-18-17(11)12(2)22-24(18)3)8-9-16(26)23-25-10-20-14-6-4-5-7-15(14)25/h4-7,10H,8-9H2,1-3H3,(H,21,27)(H,23,26). The first kappa shape index (κ1) is 17.0. The zero-order valence-corrected chi connectivity index (χ0v) is 15.4. The van der Waals surface area contributed by atoms with Crippen LogP contribution >= 0.6 is 0 Å². The zero-order valence-electron chi connectivity index (χ0n) is 15.4. The number of para-hydroxylation sites is 2. The molecule has 8 nitrogen and oxygen atoms in total. The smallest absolute Gasteiger partial charge is 0.253 e. The number of carbonyl (C=O) groups is 1. The Labute approximate surface area is 154 Å². The number of aromatic amines is 1. The lowest BCUT2D eigenvalue weighted by atomic mass is 10.0. The van der Waals surface area contributed by atoms with Crippen molar-refractivity contribution in [1.82, 2.24) is 24.4 Å². The van der Waals surface area contributed by atoms with Gasteiger partial charge >= 0.3 is 0 Å². The van der Waals surface area contributed by atoms with E-state index in [1.54, 1.807) is 22.7 Å². The third-order valence-electron chi connectivity index (χ3n) is 4.86. The van der Waals surface area contributed by atoms with Crippen LogP contribution in [0.25, 0.3) is 22.1 Å². The molecule has 0 aliphatic carbocycles. The Bertz CT molecular complexity index is 1230. The number of hydrogen-bond donors (Lipinski definition) is 2. The minimum atomic E-state index is -0.181. The SMILES string of the molecule is Cc1nn(C)c2[nH]c(=O)c(CCC(=O)Nn3cnc4ccccc43)c(C)c12. The number of H-pyrrole nitrogens is 1. The Morgan fingerprint density at radius 1 is 1.26 bits per heavy atom. The van der Waals surface area contributed by atoms with Crippen LogP contribution < -0.4 is 11.0 Å². The van der Waals surface area contributed by atoms with Gasteiger partial charge in [-0.2, -0.15) is 5.10 Å². The third kappa shape index (κ3) is 2.88. The number of aryl methyl sites for hydroxylation is 3. The number of carbonyl (C=O) groups excluding carboxylic acids is 1. The summed E-state index contributed by atoms with van der Waals surface area (Å²) in [4.78, 5) is 32.0. The molecule has 0 saturated carbocycles. The van der Waals surface area contributed by atoms with Crippen molar-refractivity contribution in [2.45, 2.75) is 26.7 Å². The summed E-state index contributed by atoms with van der Waals surface area (Å²) in [6.07, 6.45) is 2.12. The van der Waals surface area contributed by atoms with Crippen molar-refractivity contribution in [1.29, 1.82) is 0 Å². The molecule has 3 aromatic heterocycles. The number of hydrogen-bond acceptors (Lipinski definition) is 4. The second-order valence-corrected chi connectivity index (χ2v) is 6.63. The van der Waals surface area contributed by atoms with Gasteiger partial charge in [-0.25, -0.2) is 9.66 Å². The van der Waals surface area contributed by atoms with Gasteiger partial charge in [-0.3, -0.25) is 19.7 Å². The second-order valence-electron chi connectivity index (χ2n) is 6.63. The van der Waals surface area contributed by atoms with Crippen LogP contribution in [-0.4, -0.2) is 30.3 Å². The number of nitrogens with one attached hydrogen (secondary N) is 2. The van der Waals surface area contributed by atoms with Gasteiger partial charge in [-0.15, -0.1) is 0 Å². The summed E-state index contributed by atoms with van der Waals surface area (Å²) in [6.45, 7) is 3.82. The van der Waals surface area contributed by atoms with E-state index in [1.165, 1.54) is 0 Å². The molecule has 0 bridgehead atoms. The van der Waals surface area contributed by atoms with E-state index in [1.807, 2.05) is 38.1 Å². The van der Waals surface area contributed by atoms with Crippen molar-refractivity contribution < 1.29 is 4.79 Å². The maximum absolute atomic E-state index is 12.5. The van der Waals surface area contributed by atoms with Gasteiger partial charge in [0.15, 0.2) is 0 Å². The van der Waals surface area contributed by atoms with E-state index < -0.39 is 0 Å². The van der Waals surface area contributed by atoms with Crippen LogP contribution in [0.5, 0.6) is 0 Å². The molecule has 0 aliphatic rings. The van der Waals surface area contributed by atoms with Gasteiger partial charge in [0, 0.05) is 24.4 Å². The lowest BCUT2D eigenvalue weighted by molar-refractivity contribution is -0.117. The lowest BCUT2D eigenvalue weighted by Gasteiger charge is -2.09. The average Bonchev–Trinajstić information content (AvgIpc) is 3.16. The van der Waals surface area contributed by atoms with E-state index in [2.05, 4.69) is 20.5 Å². The topological polar surface area (TPSA) is 97.6 Å². The minimum absolute atomic E-state index is 0.177. The van der Waals surface area contributed by atoms with Crippen LogP contribution in [0, 0.1) is 13.8 Å². The monoisotopic (exact) mass is 364 g/mol. The van der Waals surface area contributed by atoms with E-state index in [0.717, 1.165) is 27.7 Å². The van der Waals surface area contributed by atoms with Gasteiger partial charge in [0.1, 0.15) is 12.0 Å². The fraction of sp³-hybridized carbons (Fsp3) is 0.263. The van der Waals surface area contributed by atoms with Crippen LogP contribution in [-0.2, 0) is 18.3 Å². The van der Waals surface area contributed by atoms with E-state index in [4.69, 9.17) is 0 Å². The number of pyridine rings is 1. The maximum Gasteiger partial charge on any atom is 0.253 e. The van der Waals surface area contributed by atoms with Gasteiger partial charge in [0.2, 0.25) is 5.91 Å². The summed E-state index contributed by atoms with van der Waals surface area (Å²) >= 11 is 0. The van der Waals surface area contributed by atoms with Crippen LogP contribution in [0.1, 0.15) is 23.2 Å². The van der Waals surface area contributed by atoms with Gasteiger partial charge in [0.25, 0.3) is 5.56 Å². The summed E-state index contributed by atoms with van der Waals surface area (Å²) in [5.41, 5.74) is 7.32. The molecule has 0 fully saturated rings. The van der Waals surface area contributed by atoms with E-state index in [9.17, 15) is 9.59 Å². The van der Waals surface area contributed by atoms with Crippen molar-refractivity contribution in [2.24, 2.45) is 7.05 Å². The predicted molar refractivity (Wildman–Crippen MR) is 103 cm³/mol. The fourth-order valence-electron chi connectivity index (χ4n) is 3.53. The highest BCUT2D eigenvalue weighted by Crippen LogP contribution is 2.21. The van der Waals surface area contributed by atoms with Crippen LogP contribution in [0.3, 0.4) is 0 Å². The Kier molecular flexibility index (Phi) is 4.02. The van der Waals surface area contributed by atoms with Crippen molar-refractivity contribution in [3.63, 3.8) is 0 Å². The molecule has 1 aromatic carbocycles. The Hall–Kier alpha value is -3.42. The second kappa shape index (κ2) is 6.39. The van der Waals surface area contributed by atoms with Gasteiger partial charge in [0.05, 0.1) is 16.7 Å². The predicted octanol–water partition coefficient (Wildman–Crippen LogP) is 1.93. The number of fused-ring (bicyclic) bond motifs is 2. The van der Waals surface area contributed by atoms with Gasteiger partial charge in [-0.1, -0.05) is 12.1 Å². The number of aromatic nitrogens is 5. The summed E-state index contributed by atoms with van der Waals surface area (Å²) in [7, 11) is 1.80. The van der Waals surface area contributed by atoms with Crippen LogP contribution in [0.15, 0.2) is 35.4 Å². The molecular weight excluding hydrogens is 344 g/mol. The normalized spacial score (nSPS) is 11.4. The molecule has 8 heteroatoms. The van der Waals surface area contributed by atoms with E-state index in [-0.39, 0.29) is 17.9 Å². The summed E-state index contributed by atoms with van der Waals surface area (Å²) < 4.78 is 3.27. The molecule has 1 amide bonds. The van der Waals surface area contributed by atoms with Crippen LogP contribution in [0.4, 0.5) is 0 Å². The molecule has 4 rings (SSSR count). The lowest BCUT2D eigenvalue weighted by Crippen LogP contribution is -2.24. The number of imidazole rings is 1. The average molecular weight is 364 g/mol. The molecule has 3 heterocycles. The summed E-state index contributed by atoms with van der Waals surface area (Å²) in [6, 6.07) is 7.55. The summed E-state index contributed by atoms with van der Waals surface area (Å²) in [5, 5.41) is 5.30. The summed E-state index contributed by atoms with van der Waals surface area (Å²) in [5.74, 6) is -0.181. The molecule has 0 unspecified atom stereocenters. The number of benzene rings is 1. The molecule has 0 atom stereocenters. The Balaban J connectivity index is 1.55. The molecule has 0 aliphatic heterocycles. The highest BCUT2D eigenvalue weighted by Gasteiger charge is 2.16. The highest BCUT2D eigenvalue weighted by molar-refractivity contribution is 5.87. The number of amides is 1. The molecule has 0 radical (unpaired) electrons. The Morgan fingerprint density at radius 2 is 2.04 bits per heavy atom. The Morgan fingerprint density at radius 3 is 2.85 bits per heavy atom. The molecular formula is C19H20N6O2. The maximum atomic E-state index is 12.5. The first-order valence-electron chi connectivity index (χ1n) is 8.72. The first-order valence-corrected chi connectivity index (χ1v) is 8.72. The molecule has 0 saturated heterocycles. The third-order valence-corrected chi connectivity index (χ3v) is 4.86. The fourth-order valence-corrected chi connectivity index (χ4v) is 3.53. The number of rotatable bonds is 4. The van der Waals surface area contributed by atoms with E-state index in [0.29, 0.717) is 17.6 Å². The molecule has 4 aromatic rings. The van der Waals surface area contributed by atoms with Crippen molar-refractivity contribution >= 4 is 28.0 Å². The molecule has 0 spiro atoms. The molecule has 27 heavy (non-hydrogen) atoms.